The molecule has 0 atom stereocenters. The fraction of sp³-hybridized carbons (Fsp3) is 0.154. The van der Waals surface area contributed by atoms with E-state index in [1.807, 2.05) is 0 Å². The Bertz CT molecular complexity index is 925. The predicted molar refractivity (Wildman–Crippen MR) is 83.2 cm³/mol. The number of halogens is 3. The molecule has 22 heavy (non-hydrogen) atoms. The molecule has 0 spiro atoms. The number of nitrogens with zero attached hydrogens (tertiary/aromatic N) is 3. The molecule has 6 nitrogen and oxygen atoms in total. The number of ether oxygens (including phenoxy) is 1. The van der Waals surface area contributed by atoms with Gasteiger partial charge in [-0.15, -0.1) is 0 Å². The van der Waals surface area contributed by atoms with Crippen LogP contribution in [0.25, 0.3) is 0 Å². The molecule has 0 aliphatic carbocycles. The molecule has 0 N–H and O–H groups in total. The van der Waals surface area contributed by atoms with Gasteiger partial charge < -0.3 is 4.74 Å². The van der Waals surface area contributed by atoms with Crippen LogP contribution in [0.2, 0.25) is 15.1 Å². The minimum absolute atomic E-state index is 0.0656. The summed E-state index contributed by atoms with van der Waals surface area (Å²) in [6.07, 6.45) is 0. The third-order valence-electron chi connectivity index (χ3n) is 2.90. The second-order valence-corrected chi connectivity index (χ2v) is 5.52. The molecule has 1 heterocycles. The van der Waals surface area contributed by atoms with Crippen LogP contribution < -0.4 is 16.0 Å². The fourth-order valence-electron chi connectivity index (χ4n) is 1.73. The predicted octanol–water partition coefficient (Wildman–Crippen LogP) is 2.71. The van der Waals surface area contributed by atoms with Gasteiger partial charge in [0.2, 0.25) is 5.88 Å². The summed E-state index contributed by atoms with van der Waals surface area (Å²) in [5, 5.41) is 9.66. The van der Waals surface area contributed by atoms with Crippen LogP contribution in [0.4, 0.5) is 0 Å². The number of hydrogen-bond acceptors (Lipinski definition) is 4. The highest BCUT2D eigenvalue weighted by molar-refractivity contribution is 6.43. The van der Waals surface area contributed by atoms with Gasteiger partial charge in [-0.2, -0.15) is 5.26 Å². The van der Waals surface area contributed by atoms with Crippen LogP contribution in [0.15, 0.2) is 21.7 Å². The molecule has 2 aromatic rings. The maximum Gasteiger partial charge on any atom is 0.333 e. The molecule has 0 amide bonds. The zero-order chi connectivity index (χ0) is 16.6. The van der Waals surface area contributed by atoms with Gasteiger partial charge in [0, 0.05) is 20.2 Å². The van der Waals surface area contributed by atoms with Crippen LogP contribution in [0.1, 0.15) is 5.56 Å². The van der Waals surface area contributed by atoms with Crippen LogP contribution in [0, 0.1) is 11.3 Å². The van der Waals surface area contributed by atoms with Gasteiger partial charge in [-0.1, -0.05) is 34.8 Å². The van der Waals surface area contributed by atoms with Crippen molar-refractivity contribution in [1.82, 2.24) is 9.13 Å². The molecular formula is C13H8Cl3N3O3. The Morgan fingerprint density at radius 3 is 2.23 bits per heavy atom. The highest BCUT2D eigenvalue weighted by Gasteiger charge is 2.19. The quantitative estimate of drug-likeness (QED) is 0.772. The molecule has 0 aliphatic heterocycles. The van der Waals surface area contributed by atoms with E-state index in [-0.39, 0.29) is 32.3 Å². The van der Waals surface area contributed by atoms with Gasteiger partial charge in [0.1, 0.15) is 11.8 Å². The lowest BCUT2D eigenvalue weighted by molar-refractivity contribution is 0.421. The largest absolute Gasteiger partial charge is 0.437 e. The van der Waals surface area contributed by atoms with E-state index in [0.717, 1.165) is 9.13 Å². The van der Waals surface area contributed by atoms with Crippen LogP contribution >= 0.6 is 34.8 Å². The molecular weight excluding hydrogens is 353 g/mol. The van der Waals surface area contributed by atoms with Gasteiger partial charge in [-0.3, -0.25) is 13.9 Å². The lowest BCUT2D eigenvalue weighted by atomic mass is 10.3. The summed E-state index contributed by atoms with van der Waals surface area (Å²) in [7, 11) is 2.63. The molecule has 0 unspecified atom stereocenters. The number of aromatic nitrogens is 2. The minimum atomic E-state index is -0.767. The molecule has 0 radical (unpaired) electrons. The second kappa shape index (κ2) is 6.05. The minimum Gasteiger partial charge on any atom is -0.437 e. The number of hydrogen-bond donors (Lipinski definition) is 0. The summed E-state index contributed by atoms with van der Waals surface area (Å²) in [5.41, 5.74) is -1.74. The molecule has 0 saturated heterocycles. The lowest BCUT2D eigenvalue weighted by Gasteiger charge is -2.14. The highest BCUT2D eigenvalue weighted by Crippen LogP contribution is 2.36. The highest BCUT2D eigenvalue weighted by atomic mass is 35.5. The fourth-order valence-corrected chi connectivity index (χ4v) is 2.30. The van der Waals surface area contributed by atoms with E-state index in [0.29, 0.717) is 0 Å². The molecule has 0 fully saturated rings. The summed E-state index contributed by atoms with van der Waals surface area (Å²) < 4.78 is 7.30. The summed E-state index contributed by atoms with van der Waals surface area (Å²) in [5.74, 6) is -0.160. The molecule has 114 valence electrons. The first-order chi connectivity index (χ1) is 10.3. The van der Waals surface area contributed by atoms with Crippen LogP contribution in [-0.2, 0) is 14.1 Å². The third-order valence-corrected chi connectivity index (χ3v) is 3.92. The number of nitriles is 1. The van der Waals surface area contributed by atoms with E-state index in [1.54, 1.807) is 6.07 Å². The second-order valence-electron chi connectivity index (χ2n) is 4.30. The van der Waals surface area contributed by atoms with Crippen molar-refractivity contribution in [3.63, 3.8) is 0 Å². The van der Waals surface area contributed by atoms with Gasteiger partial charge in [0.15, 0.2) is 5.56 Å². The average Bonchev–Trinajstić information content (AvgIpc) is 2.48. The smallest absolute Gasteiger partial charge is 0.333 e. The Balaban J connectivity index is 2.71. The molecule has 1 aromatic carbocycles. The first-order valence-electron chi connectivity index (χ1n) is 5.80. The van der Waals surface area contributed by atoms with Gasteiger partial charge in [-0.05, 0) is 6.07 Å². The summed E-state index contributed by atoms with van der Waals surface area (Å²) in [4.78, 5) is 23.9. The van der Waals surface area contributed by atoms with E-state index in [4.69, 9.17) is 44.8 Å². The first-order valence-corrected chi connectivity index (χ1v) is 6.93. The maximum absolute atomic E-state index is 12.0. The molecule has 2 rings (SSSR count). The summed E-state index contributed by atoms with van der Waals surface area (Å²) >= 11 is 17.7. The van der Waals surface area contributed by atoms with Gasteiger partial charge in [0.05, 0.1) is 15.1 Å². The summed E-state index contributed by atoms with van der Waals surface area (Å²) in [6.45, 7) is 0. The standard InChI is InChI=1S/C13H8Cl3N3O3/c1-18-11(20)6(5-17)12(19(2)13(18)21)22-10-4-8(15)7(14)3-9(10)16/h3-4H,1-2H3. The van der Waals surface area contributed by atoms with Crippen LogP contribution in [0.3, 0.4) is 0 Å². The Hall–Kier alpha value is -1.94. The lowest BCUT2D eigenvalue weighted by Crippen LogP contribution is -2.38. The van der Waals surface area contributed by atoms with E-state index in [2.05, 4.69) is 0 Å². The molecule has 0 saturated carbocycles. The van der Waals surface area contributed by atoms with Crippen molar-refractivity contribution in [3.05, 3.63) is 53.6 Å². The van der Waals surface area contributed by atoms with Crippen molar-refractivity contribution in [2.75, 3.05) is 0 Å². The first kappa shape index (κ1) is 16.4. The zero-order valence-corrected chi connectivity index (χ0v) is 13.6. The van der Waals surface area contributed by atoms with E-state index in [1.165, 1.54) is 26.2 Å². The van der Waals surface area contributed by atoms with Crippen molar-refractivity contribution in [2.45, 2.75) is 0 Å². The zero-order valence-electron chi connectivity index (χ0n) is 11.4. The SMILES string of the molecule is Cn1c(Oc2cc(Cl)c(Cl)cc2Cl)c(C#N)c(=O)n(C)c1=O. The molecule has 0 bridgehead atoms. The number of rotatable bonds is 2. The van der Waals surface area contributed by atoms with Gasteiger partial charge >= 0.3 is 5.69 Å². The topological polar surface area (TPSA) is 77.0 Å². The maximum atomic E-state index is 12.0. The van der Waals surface area contributed by atoms with Crippen molar-refractivity contribution in [3.8, 4) is 17.7 Å². The van der Waals surface area contributed by atoms with Crippen molar-refractivity contribution >= 4 is 34.8 Å². The Kier molecular flexibility index (Phi) is 4.52. The van der Waals surface area contributed by atoms with Crippen molar-refractivity contribution in [2.24, 2.45) is 14.1 Å². The van der Waals surface area contributed by atoms with Crippen LogP contribution in [-0.4, -0.2) is 9.13 Å². The molecule has 9 heteroatoms. The Labute approximate surface area is 139 Å². The number of benzene rings is 1. The van der Waals surface area contributed by atoms with E-state index in [9.17, 15) is 9.59 Å². The Morgan fingerprint density at radius 1 is 1.05 bits per heavy atom. The van der Waals surface area contributed by atoms with Crippen molar-refractivity contribution < 1.29 is 4.74 Å². The average molecular weight is 361 g/mol. The molecule has 1 aromatic heterocycles. The van der Waals surface area contributed by atoms with Crippen molar-refractivity contribution in [1.29, 1.82) is 5.26 Å². The van der Waals surface area contributed by atoms with Crippen LogP contribution in [0.5, 0.6) is 11.6 Å². The van der Waals surface area contributed by atoms with Gasteiger partial charge in [0.25, 0.3) is 5.56 Å². The third kappa shape index (κ3) is 2.71. The van der Waals surface area contributed by atoms with Gasteiger partial charge in [-0.25, -0.2) is 4.79 Å². The van der Waals surface area contributed by atoms with E-state index < -0.39 is 11.2 Å². The monoisotopic (exact) mass is 359 g/mol. The van der Waals surface area contributed by atoms with E-state index >= 15 is 0 Å². The normalized spacial score (nSPS) is 10.4. The Morgan fingerprint density at radius 2 is 1.64 bits per heavy atom. The summed E-state index contributed by atoms with van der Waals surface area (Å²) in [6, 6.07) is 4.40. The molecule has 0 aliphatic rings.